The van der Waals surface area contributed by atoms with Crippen LogP contribution in [0.5, 0.6) is 0 Å². The van der Waals surface area contributed by atoms with E-state index in [-0.39, 0.29) is 11.7 Å². The van der Waals surface area contributed by atoms with Gasteiger partial charge in [-0.1, -0.05) is 30.3 Å². The van der Waals surface area contributed by atoms with E-state index in [1.54, 1.807) is 12.1 Å². The average Bonchev–Trinajstić information content (AvgIpc) is 2.85. The quantitative estimate of drug-likeness (QED) is 0.620. The third-order valence-corrected chi connectivity index (χ3v) is 4.60. The van der Waals surface area contributed by atoms with E-state index in [4.69, 9.17) is 14.3 Å². The van der Waals surface area contributed by atoms with Crippen LogP contribution in [0.3, 0.4) is 0 Å². The van der Waals surface area contributed by atoms with Gasteiger partial charge >= 0.3 is 0 Å². The molecular weight excluding hydrogens is 298 g/mol. The second-order valence-corrected chi connectivity index (χ2v) is 6.36. The van der Waals surface area contributed by atoms with Crippen LogP contribution in [-0.2, 0) is 29.3 Å². The zero-order valence-corrected chi connectivity index (χ0v) is 13.7. The van der Waals surface area contributed by atoms with Gasteiger partial charge in [-0.05, 0) is 26.3 Å². The van der Waals surface area contributed by atoms with E-state index in [9.17, 15) is 9.59 Å². The maximum absolute atomic E-state index is 12.8. The Bertz CT molecular complexity index is 629. The lowest BCUT2D eigenvalue weighted by atomic mass is 9.63. The van der Waals surface area contributed by atoms with E-state index >= 15 is 0 Å². The molecule has 0 spiro atoms. The Morgan fingerprint density at radius 3 is 2.43 bits per heavy atom. The lowest BCUT2D eigenvalue weighted by Gasteiger charge is -2.54. The van der Waals surface area contributed by atoms with Gasteiger partial charge in [0.05, 0.1) is 13.7 Å². The standard InChI is InChI=1S/C17H21NO5/c1-11(19)17(12-8-6-5-7-9-12)14(18(21-4)15(17)20)13-10-22-16(2,3)23-13/h5-9,13-14H,10H2,1-4H3/t13-,14-,17+/m1/s1. The highest BCUT2D eigenvalue weighted by atomic mass is 16.8. The number of hydrogen-bond donors (Lipinski definition) is 0. The number of amides is 1. The van der Waals surface area contributed by atoms with Crippen molar-refractivity contribution < 1.29 is 23.9 Å². The molecule has 0 unspecified atom stereocenters. The molecule has 1 amide bonds. The third-order valence-electron chi connectivity index (χ3n) is 4.60. The van der Waals surface area contributed by atoms with Gasteiger partial charge in [0.2, 0.25) is 0 Å². The molecule has 2 fully saturated rings. The molecule has 0 aromatic heterocycles. The summed E-state index contributed by atoms with van der Waals surface area (Å²) >= 11 is 0. The topological polar surface area (TPSA) is 65.1 Å². The molecule has 0 radical (unpaired) electrons. The minimum Gasteiger partial charge on any atom is -0.348 e. The summed E-state index contributed by atoms with van der Waals surface area (Å²) in [7, 11) is 1.42. The molecule has 1 aromatic rings. The molecule has 0 bridgehead atoms. The first-order valence-corrected chi connectivity index (χ1v) is 7.60. The van der Waals surface area contributed by atoms with Crippen LogP contribution < -0.4 is 0 Å². The molecule has 124 valence electrons. The highest BCUT2D eigenvalue weighted by molar-refractivity contribution is 6.16. The Morgan fingerprint density at radius 1 is 1.30 bits per heavy atom. The highest BCUT2D eigenvalue weighted by Gasteiger charge is 2.69. The monoisotopic (exact) mass is 319 g/mol. The summed E-state index contributed by atoms with van der Waals surface area (Å²) in [5.74, 6) is -1.33. The molecule has 3 atom stereocenters. The largest absolute Gasteiger partial charge is 0.348 e. The van der Waals surface area contributed by atoms with Gasteiger partial charge in [-0.15, -0.1) is 0 Å². The van der Waals surface area contributed by atoms with Gasteiger partial charge in [-0.2, -0.15) is 0 Å². The molecule has 23 heavy (non-hydrogen) atoms. The van der Waals surface area contributed by atoms with Gasteiger partial charge in [0, 0.05) is 0 Å². The Kier molecular flexibility index (Phi) is 3.78. The molecule has 2 aliphatic heterocycles. The zero-order valence-electron chi connectivity index (χ0n) is 13.7. The van der Waals surface area contributed by atoms with Crippen LogP contribution in [0, 0.1) is 0 Å². The van der Waals surface area contributed by atoms with Crippen molar-refractivity contribution in [1.82, 2.24) is 5.06 Å². The van der Waals surface area contributed by atoms with Gasteiger partial charge in [-0.25, -0.2) is 5.06 Å². The van der Waals surface area contributed by atoms with Gasteiger partial charge in [0.15, 0.2) is 17.0 Å². The van der Waals surface area contributed by atoms with E-state index in [1.807, 2.05) is 32.0 Å². The number of hydrogen-bond acceptors (Lipinski definition) is 5. The first kappa shape index (κ1) is 16.1. The Balaban J connectivity index is 2.06. The number of carbonyl (C=O) groups is 2. The van der Waals surface area contributed by atoms with Gasteiger partial charge in [0.1, 0.15) is 12.1 Å². The fraction of sp³-hybridized carbons (Fsp3) is 0.529. The molecule has 0 saturated carbocycles. The molecule has 2 aliphatic rings. The number of ketones is 1. The van der Waals surface area contributed by atoms with Crippen molar-refractivity contribution >= 4 is 11.7 Å². The van der Waals surface area contributed by atoms with Crippen LogP contribution in [0.25, 0.3) is 0 Å². The second-order valence-electron chi connectivity index (χ2n) is 6.36. The lowest BCUT2D eigenvalue weighted by Crippen LogP contribution is -2.77. The summed E-state index contributed by atoms with van der Waals surface area (Å²) in [6, 6.07) is 8.51. The minimum absolute atomic E-state index is 0.222. The van der Waals surface area contributed by atoms with E-state index in [0.717, 1.165) is 0 Å². The average molecular weight is 319 g/mol. The first-order chi connectivity index (χ1) is 10.8. The molecule has 2 heterocycles. The third kappa shape index (κ3) is 2.21. The number of β-lactam (4-membered cyclic amide) rings is 1. The summed E-state index contributed by atoms with van der Waals surface area (Å²) in [6.07, 6.45) is -0.438. The Morgan fingerprint density at radius 2 is 1.96 bits per heavy atom. The fourth-order valence-electron chi connectivity index (χ4n) is 3.59. The summed E-state index contributed by atoms with van der Waals surface area (Å²) in [4.78, 5) is 30.5. The van der Waals surface area contributed by atoms with E-state index < -0.39 is 23.3 Å². The number of hydroxylamine groups is 2. The summed E-state index contributed by atoms with van der Waals surface area (Å²) < 4.78 is 11.5. The van der Waals surface area contributed by atoms with Crippen molar-refractivity contribution in [3.8, 4) is 0 Å². The van der Waals surface area contributed by atoms with Gasteiger partial charge in [-0.3, -0.25) is 14.4 Å². The fourth-order valence-corrected chi connectivity index (χ4v) is 3.59. The number of ether oxygens (including phenoxy) is 2. The molecule has 3 rings (SSSR count). The number of carbonyl (C=O) groups excluding carboxylic acids is 2. The van der Waals surface area contributed by atoms with Crippen LogP contribution >= 0.6 is 0 Å². The molecule has 6 nitrogen and oxygen atoms in total. The van der Waals surface area contributed by atoms with Crippen molar-refractivity contribution in [2.75, 3.05) is 13.7 Å². The van der Waals surface area contributed by atoms with E-state index in [1.165, 1.54) is 19.1 Å². The van der Waals surface area contributed by atoms with Crippen molar-refractivity contribution in [1.29, 1.82) is 0 Å². The van der Waals surface area contributed by atoms with Crippen LogP contribution in [0.2, 0.25) is 0 Å². The Labute approximate surface area is 135 Å². The van der Waals surface area contributed by atoms with Crippen LogP contribution in [0.15, 0.2) is 30.3 Å². The molecule has 0 N–H and O–H groups in total. The number of benzene rings is 1. The smallest absolute Gasteiger partial charge is 0.267 e. The molecule has 6 heteroatoms. The molecule has 1 aromatic carbocycles. The van der Waals surface area contributed by atoms with Gasteiger partial charge < -0.3 is 9.47 Å². The van der Waals surface area contributed by atoms with Crippen molar-refractivity contribution in [2.45, 2.75) is 44.1 Å². The summed E-state index contributed by atoms with van der Waals surface area (Å²) in [5.41, 5.74) is -0.629. The summed E-state index contributed by atoms with van der Waals surface area (Å²) in [6.45, 7) is 5.35. The zero-order chi connectivity index (χ0) is 16.8. The minimum atomic E-state index is -1.29. The van der Waals surface area contributed by atoms with Crippen molar-refractivity contribution in [3.05, 3.63) is 35.9 Å². The van der Waals surface area contributed by atoms with Gasteiger partial charge in [0.25, 0.3) is 5.91 Å². The Hall–Kier alpha value is -1.76. The highest BCUT2D eigenvalue weighted by Crippen LogP contribution is 2.47. The van der Waals surface area contributed by atoms with Crippen LogP contribution in [0.1, 0.15) is 26.3 Å². The van der Waals surface area contributed by atoms with Crippen molar-refractivity contribution in [2.24, 2.45) is 0 Å². The first-order valence-electron chi connectivity index (χ1n) is 7.60. The molecule has 0 aliphatic carbocycles. The lowest BCUT2D eigenvalue weighted by molar-refractivity contribution is -0.256. The number of nitrogens with zero attached hydrogens (tertiary/aromatic N) is 1. The molecular formula is C17H21NO5. The van der Waals surface area contributed by atoms with Crippen LogP contribution in [-0.4, -0.2) is 48.4 Å². The molecule has 2 saturated heterocycles. The normalized spacial score (nSPS) is 32.7. The van der Waals surface area contributed by atoms with Crippen molar-refractivity contribution in [3.63, 3.8) is 0 Å². The SMILES string of the molecule is CON1C(=O)[C@@](C(C)=O)(c2ccccc2)[C@H]1[C@H]1COC(C)(C)O1. The number of Topliss-reactive ketones (excluding diaryl/α,β-unsaturated/α-hetero) is 1. The predicted octanol–water partition coefficient (Wildman–Crippen LogP) is 1.44. The summed E-state index contributed by atoms with van der Waals surface area (Å²) in [5, 5.41) is 1.23. The maximum atomic E-state index is 12.8. The van der Waals surface area contributed by atoms with E-state index in [0.29, 0.717) is 12.2 Å². The van der Waals surface area contributed by atoms with E-state index in [2.05, 4.69) is 0 Å². The number of rotatable bonds is 4. The van der Waals surface area contributed by atoms with Crippen LogP contribution in [0.4, 0.5) is 0 Å². The predicted molar refractivity (Wildman–Crippen MR) is 81.3 cm³/mol. The maximum Gasteiger partial charge on any atom is 0.267 e. The second kappa shape index (κ2) is 5.40.